The summed E-state index contributed by atoms with van der Waals surface area (Å²) in [5.41, 5.74) is 0. The molecule has 7 heteroatoms. The van der Waals surface area contributed by atoms with Crippen molar-refractivity contribution in [3.05, 3.63) is 0 Å². The minimum atomic E-state index is -0.818. The fourth-order valence-corrected chi connectivity index (χ4v) is 4.43. The molecule has 0 aromatic carbocycles. The van der Waals surface area contributed by atoms with Crippen molar-refractivity contribution in [3.63, 3.8) is 0 Å². The molecule has 2 aliphatic rings. The Morgan fingerprint density at radius 1 is 1.18 bits per heavy atom. The van der Waals surface area contributed by atoms with Gasteiger partial charge in [0.15, 0.2) is 0 Å². The van der Waals surface area contributed by atoms with Crippen molar-refractivity contribution in [2.24, 2.45) is 11.8 Å². The molecule has 6 nitrogen and oxygen atoms in total. The molecule has 1 aliphatic heterocycles. The van der Waals surface area contributed by atoms with E-state index in [1.807, 2.05) is 13.8 Å². The maximum Gasteiger partial charge on any atom is 0.306 e. The number of rotatable bonds is 5. The van der Waals surface area contributed by atoms with E-state index in [0.717, 1.165) is 0 Å². The zero-order valence-electron chi connectivity index (χ0n) is 13.2. The minimum absolute atomic E-state index is 0.0103. The lowest BCUT2D eigenvalue weighted by Gasteiger charge is -2.30. The minimum Gasteiger partial charge on any atom is -0.481 e. The van der Waals surface area contributed by atoms with Crippen LogP contribution in [0.25, 0.3) is 0 Å². The van der Waals surface area contributed by atoms with Crippen molar-refractivity contribution in [3.8, 4) is 0 Å². The highest BCUT2D eigenvalue weighted by atomic mass is 32.2. The normalized spacial score (nSPS) is 27.9. The molecule has 1 unspecified atom stereocenters. The van der Waals surface area contributed by atoms with Crippen molar-refractivity contribution in [2.45, 2.75) is 39.2 Å². The Labute approximate surface area is 135 Å². The van der Waals surface area contributed by atoms with Crippen LogP contribution in [0, 0.1) is 11.8 Å². The first-order valence-corrected chi connectivity index (χ1v) is 9.04. The van der Waals surface area contributed by atoms with Crippen molar-refractivity contribution < 1.29 is 19.5 Å². The number of thioether (sulfide) groups is 1. The SMILES string of the molecule is CCN(CC)C(=O)C1CSCN1C(=O)[C@@H]1CC[C@H](C(=O)O)C1. The second-order valence-corrected chi connectivity index (χ2v) is 6.88. The smallest absolute Gasteiger partial charge is 0.306 e. The molecule has 1 saturated carbocycles. The van der Waals surface area contributed by atoms with Gasteiger partial charge in [-0.25, -0.2) is 0 Å². The number of hydrogen-bond donors (Lipinski definition) is 1. The number of carbonyl (C=O) groups is 3. The molecule has 0 aromatic rings. The number of aliphatic carboxylic acids is 1. The predicted molar refractivity (Wildman–Crippen MR) is 84.4 cm³/mol. The second-order valence-electron chi connectivity index (χ2n) is 5.88. The van der Waals surface area contributed by atoms with Gasteiger partial charge in [-0.1, -0.05) is 0 Å². The molecule has 0 bridgehead atoms. The van der Waals surface area contributed by atoms with Crippen LogP contribution in [0.5, 0.6) is 0 Å². The molecule has 1 heterocycles. The van der Waals surface area contributed by atoms with Gasteiger partial charge in [0.25, 0.3) is 0 Å². The van der Waals surface area contributed by atoms with Crippen LogP contribution in [-0.4, -0.2) is 63.5 Å². The first kappa shape index (κ1) is 17.1. The van der Waals surface area contributed by atoms with Gasteiger partial charge < -0.3 is 14.9 Å². The largest absolute Gasteiger partial charge is 0.481 e. The fourth-order valence-electron chi connectivity index (χ4n) is 3.28. The monoisotopic (exact) mass is 328 g/mol. The summed E-state index contributed by atoms with van der Waals surface area (Å²) in [6.45, 7) is 5.15. The fraction of sp³-hybridized carbons (Fsp3) is 0.800. The summed E-state index contributed by atoms with van der Waals surface area (Å²) in [6.07, 6.45) is 1.58. The van der Waals surface area contributed by atoms with Gasteiger partial charge in [-0.15, -0.1) is 11.8 Å². The van der Waals surface area contributed by atoms with E-state index in [9.17, 15) is 14.4 Å². The zero-order valence-corrected chi connectivity index (χ0v) is 14.0. The average Bonchev–Trinajstić information content (AvgIpc) is 3.17. The number of carbonyl (C=O) groups excluding carboxylic acids is 2. The van der Waals surface area contributed by atoms with E-state index in [2.05, 4.69) is 0 Å². The summed E-state index contributed by atoms with van der Waals surface area (Å²) in [7, 11) is 0. The molecular formula is C15H24N2O4S. The second kappa shape index (κ2) is 7.35. The number of carboxylic acid groups (broad SMARTS) is 1. The standard InChI is InChI=1S/C15H24N2O4S/c1-3-16(4-2)14(19)12-8-22-9-17(12)13(18)10-5-6-11(7-10)15(20)21/h10-12H,3-9H2,1-2H3,(H,20,21)/t10-,11+,12?/m1/s1. The molecule has 0 radical (unpaired) electrons. The molecule has 2 fully saturated rings. The number of amides is 2. The summed E-state index contributed by atoms with van der Waals surface area (Å²) in [6, 6.07) is -0.388. The van der Waals surface area contributed by atoms with Gasteiger partial charge in [0.05, 0.1) is 11.8 Å². The number of nitrogens with zero attached hydrogens (tertiary/aromatic N) is 2. The van der Waals surface area contributed by atoms with E-state index < -0.39 is 11.9 Å². The van der Waals surface area contributed by atoms with E-state index in [0.29, 0.717) is 44.0 Å². The maximum absolute atomic E-state index is 12.7. The Hall–Kier alpha value is -1.24. The first-order valence-electron chi connectivity index (χ1n) is 7.89. The summed E-state index contributed by atoms with van der Waals surface area (Å²) in [4.78, 5) is 39.7. The summed E-state index contributed by atoms with van der Waals surface area (Å²) >= 11 is 1.59. The highest BCUT2D eigenvalue weighted by molar-refractivity contribution is 7.99. The topological polar surface area (TPSA) is 77.9 Å². The maximum atomic E-state index is 12.7. The van der Waals surface area contributed by atoms with E-state index in [1.165, 1.54) is 0 Å². The molecule has 2 amide bonds. The summed E-state index contributed by atoms with van der Waals surface area (Å²) in [5, 5.41) is 9.07. The molecule has 1 aliphatic carbocycles. The molecule has 3 atom stereocenters. The van der Waals surface area contributed by atoms with Crippen LogP contribution in [0.2, 0.25) is 0 Å². The van der Waals surface area contributed by atoms with Gasteiger partial charge in [-0.3, -0.25) is 14.4 Å². The van der Waals surface area contributed by atoms with E-state index in [4.69, 9.17) is 5.11 Å². The van der Waals surface area contributed by atoms with Crippen LogP contribution < -0.4 is 0 Å². The van der Waals surface area contributed by atoms with Gasteiger partial charge in [-0.2, -0.15) is 0 Å². The third-order valence-electron chi connectivity index (χ3n) is 4.66. The Morgan fingerprint density at radius 3 is 2.36 bits per heavy atom. The predicted octanol–water partition coefficient (Wildman–Crippen LogP) is 1.26. The Morgan fingerprint density at radius 2 is 1.82 bits per heavy atom. The lowest BCUT2D eigenvalue weighted by Crippen LogP contribution is -2.50. The van der Waals surface area contributed by atoms with Gasteiger partial charge in [0, 0.05) is 24.8 Å². The Kier molecular flexibility index (Phi) is 5.72. The molecule has 1 N–H and O–H groups in total. The van der Waals surface area contributed by atoms with Crippen molar-refractivity contribution in [2.75, 3.05) is 24.7 Å². The first-order chi connectivity index (χ1) is 10.5. The Bertz CT molecular complexity index is 453. The van der Waals surface area contributed by atoms with E-state index in [1.54, 1.807) is 21.6 Å². The summed E-state index contributed by atoms with van der Waals surface area (Å²) in [5.74, 6) is -0.342. The van der Waals surface area contributed by atoms with Gasteiger partial charge >= 0.3 is 5.97 Å². The molecule has 0 aromatic heterocycles. The third-order valence-corrected chi connectivity index (χ3v) is 5.67. The quantitative estimate of drug-likeness (QED) is 0.822. The van der Waals surface area contributed by atoms with Crippen molar-refractivity contribution in [1.82, 2.24) is 9.80 Å². The van der Waals surface area contributed by atoms with Crippen LogP contribution in [0.1, 0.15) is 33.1 Å². The van der Waals surface area contributed by atoms with Crippen LogP contribution in [-0.2, 0) is 14.4 Å². The van der Waals surface area contributed by atoms with Crippen LogP contribution in [0.4, 0.5) is 0 Å². The number of likely N-dealkylation sites (N-methyl/N-ethyl adjacent to an activating group) is 1. The molecular weight excluding hydrogens is 304 g/mol. The summed E-state index contributed by atoms with van der Waals surface area (Å²) < 4.78 is 0. The van der Waals surface area contributed by atoms with E-state index >= 15 is 0 Å². The van der Waals surface area contributed by atoms with Crippen molar-refractivity contribution in [1.29, 1.82) is 0 Å². The average molecular weight is 328 g/mol. The highest BCUT2D eigenvalue weighted by Crippen LogP contribution is 2.35. The molecule has 124 valence electrons. The number of carboxylic acids is 1. The third kappa shape index (κ3) is 3.39. The van der Waals surface area contributed by atoms with Crippen LogP contribution in [0.15, 0.2) is 0 Å². The van der Waals surface area contributed by atoms with Gasteiger partial charge in [-0.05, 0) is 33.1 Å². The lowest BCUT2D eigenvalue weighted by atomic mass is 10.0. The lowest BCUT2D eigenvalue weighted by molar-refractivity contribution is -0.146. The molecule has 22 heavy (non-hydrogen) atoms. The molecule has 1 saturated heterocycles. The molecule has 0 spiro atoms. The highest BCUT2D eigenvalue weighted by Gasteiger charge is 2.42. The zero-order chi connectivity index (χ0) is 16.3. The van der Waals surface area contributed by atoms with E-state index in [-0.39, 0.29) is 23.8 Å². The van der Waals surface area contributed by atoms with Crippen LogP contribution in [0.3, 0.4) is 0 Å². The van der Waals surface area contributed by atoms with Crippen molar-refractivity contribution >= 4 is 29.5 Å². The Balaban J connectivity index is 2.03. The molecule has 2 rings (SSSR count). The van der Waals surface area contributed by atoms with Gasteiger partial charge in [0.2, 0.25) is 11.8 Å². The van der Waals surface area contributed by atoms with Crippen LogP contribution >= 0.6 is 11.8 Å². The van der Waals surface area contributed by atoms with Gasteiger partial charge in [0.1, 0.15) is 6.04 Å². The number of hydrogen-bond acceptors (Lipinski definition) is 4.